The Balaban J connectivity index is 2.34. The number of hydrogen-bond donors (Lipinski definition) is 0. The molecule has 0 aromatic heterocycles. The molecule has 1 saturated heterocycles. The molecule has 0 aromatic carbocycles. The van der Waals surface area contributed by atoms with Crippen LogP contribution >= 0.6 is 7.15 Å². The van der Waals surface area contributed by atoms with E-state index in [1.165, 1.54) is 0 Å². The summed E-state index contributed by atoms with van der Waals surface area (Å²) in [5.41, 5.74) is 0. The fourth-order valence-electron chi connectivity index (χ4n) is 0.565. The lowest BCUT2D eigenvalue weighted by molar-refractivity contribution is 0.131. The highest BCUT2D eigenvalue weighted by atomic mass is 32.4. The maximum atomic E-state index is 5.18. The minimum Gasteiger partial charge on any atom is -0.331 e. The van der Waals surface area contributed by atoms with E-state index in [4.69, 9.17) is 20.9 Å². The maximum Gasteiger partial charge on any atom is 0.176 e. The zero-order chi connectivity index (χ0) is 5.98. The van der Waals surface area contributed by atoms with Crippen LogP contribution in [0.3, 0.4) is 0 Å². The molecule has 0 N–H and O–H groups in total. The minimum atomic E-state index is -1.26. The van der Waals surface area contributed by atoms with Gasteiger partial charge in [0.2, 0.25) is 0 Å². The van der Waals surface area contributed by atoms with Crippen LogP contribution in [0.1, 0.15) is 13.3 Å². The Morgan fingerprint density at radius 2 is 2.50 bits per heavy atom. The first kappa shape index (κ1) is 6.69. The summed E-state index contributed by atoms with van der Waals surface area (Å²) in [5.74, 6) is 0. The van der Waals surface area contributed by atoms with Gasteiger partial charge in [0.1, 0.15) is 0 Å². The molecule has 0 aliphatic carbocycles. The first-order valence-corrected chi connectivity index (χ1v) is 5.07. The van der Waals surface area contributed by atoms with Gasteiger partial charge >= 0.3 is 0 Å². The van der Waals surface area contributed by atoms with Crippen LogP contribution < -0.4 is 0 Å². The van der Waals surface area contributed by atoms with Gasteiger partial charge in [-0.15, -0.1) is 0 Å². The van der Waals surface area contributed by atoms with Gasteiger partial charge in [0, 0.05) is 0 Å². The second kappa shape index (κ2) is 2.92. The maximum absolute atomic E-state index is 5.18. The highest BCUT2D eigenvalue weighted by Crippen LogP contribution is 2.31. The van der Waals surface area contributed by atoms with Gasteiger partial charge in [-0.2, -0.15) is 0 Å². The molecule has 1 aliphatic heterocycles. The largest absolute Gasteiger partial charge is 0.331 e. The standard InChI is InChI=1S/C4H9O2PS/c1-4-2-3-5-7(8)6-4/h4,7H,2-3H2,1H3/t4-/m1/s1. The Labute approximate surface area is 54.8 Å². The smallest absolute Gasteiger partial charge is 0.176 e. The number of rotatable bonds is 0. The molecule has 1 heterocycles. The van der Waals surface area contributed by atoms with E-state index >= 15 is 0 Å². The van der Waals surface area contributed by atoms with E-state index in [1.54, 1.807) is 0 Å². The second-order valence-electron chi connectivity index (χ2n) is 1.82. The zero-order valence-electron chi connectivity index (χ0n) is 4.72. The van der Waals surface area contributed by atoms with E-state index in [1.807, 2.05) is 6.92 Å². The van der Waals surface area contributed by atoms with Crippen LogP contribution in [0.15, 0.2) is 0 Å². The first-order chi connectivity index (χ1) is 3.79. The van der Waals surface area contributed by atoms with Crippen LogP contribution in [-0.4, -0.2) is 12.7 Å². The summed E-state index contributed by atoms with van der Waals surface area (Å²) in [6.07, 6.45) is 1.32. The Morgan fingerprint density at radius 3 is 2.88 bits per heavy atom. The fourth-order valence-corrected chi connectivity index (χ4v) is 2.11. The van der Waals surface area contributed by atoms with E-state index < -0.39 is 7.15 Å². The molecule has 48 valence electrons. The lowest BCUT2D eigenvalue weighted by atomic mass is 10.3. The van der Waals surface area contributed by atoms with E-state index in [2.05, 4.69) is 0 Å². The highest BCUT2D eigenvalue weighted by molar-refractivity contribution is 8.00. The molecular weight excluding hydrogens is 143 g/mol. The van der Waals surface area contributed by atoms with Crippen molar-refractivity contribution in [2.45, 2.75) is 19.4 Å². The fraction of sp³-hybridized carbons (Fsp3) is 1.00. The molecule has 1 fully saturated rings. The summed E-state index contributed by atoms with van der Waals surface area (Å²) in [7, 11) is -1.26. The Kier molecular flexibility index (Phi) is 2.44. The topological polar surface area (TPSA) is 18.5 Å². The van der Waals surface area contributed by atoms with Gasteiger partial charge < -0.3 is 9.05 Å². The van der Waals surface area contributed by atoms with Crippen molar-refractivity contribution < 1.29 is 9.05 Å². The van der Waals surface area contributed by atoms with Crippen molar-refractivity contribution in [2.75, 3.05) is 6.61 Å². The third-order valence-corrected chi connectivity index (χ3v) is 2.72. The van der Waals surface area contributed by atoms with Gasteiger partial charge in [-0.25, -0.2) is 0 Å². The third kappa shape index (κ3) is 1.82. The summed E-state index contributed by atoms with van der Waals surface area (Å²) in [6.45, 7) is 2.82. The lowest BCUT2D eigenvalue weighted by Gasteiger charge is -2.19. The molecule has 0 unspecified atom stereocenters. The zero-order valence-corrected chi connectivity index (χ0v) is 6.53. The van der Waals surface area contributed by atoms with Gasteiger partial charge in [-0.05, 0) is 25.2 Å². The average molecular weight is 152 g/mol. The van der Waals surface area contributed by atoms with Crippen LogP contribution in [0, 0.1) is 0 Å². The molecule has 0 spiro atoms. The van der Waals surface area contributed by atoms with E-state index in [9.17, 15) is 0 Å². The summed E-state index contributed by atoms with van der Waals surface area (Å²) in [6, 6.07) is 0. The van der Waals surface area contributed by atoms with Crippen molar-refractivity contribution >= 4 is 19.0 Å². The Hall–Kier alpha value is 0.570. The molecule has 8 heavy (non-hydrogen) atoms. The molecular formula is C4H9O2PS. The molecule has 0 aromatic rings. The molecule has 0 radical (unpaired) electrons. The minimum absolute atomic E-state index is 0.329. The van der Waals surface area contributed by atoms with Crippen LogP contribution in [-0.2, 0) is 20.9 Å². The van der Waals surface area contributed by atoms with Crippen molar-refractivity contribution in [3.05, 3.63) is 0 Å². The van der Waals surface area contributed by atoms with Gasteiger partial charge in [-0.1, -0.05) is 0 Å². The van der Waals surface area contributed by atoms with Crippen molar-refractivity contribution in [3.8, 4) is 0 Å². The van der Waals surface area contributed by atoms with Crippen molar-refractivity contribution in [1.82, 2.24) is 0 Å². The summed E-state index contributed by atoms with van der Waals surface area (Å²) < 4.78 is 10.2. The van der Waals surface area contributed by atoms with Gasteiger partial charge in [0.05, 0.1) is 12.7 Å². The van der Waals surface area contributed by atoms with E-state index in [0.29, 0.717) is 6.10 Å². The Morgan fingerprint density at radius 1 is 1.75 bits per heavy atom. The molecule has 1 aliphatic rings. The van der Waals surface area contributed by atoms with Crippen molar-refractivity contribution in [1.29, 1.82) is 0 Å². The molecule has 0 saturated carbocycles. The molecule has 4 heteroatoms. The predicted octanol–water partition coefficient (Wildman–Crippen LogP) is 1.32. The molecule has 2 atom stereocenters. The highest BCUT2D eigenvalue weighted by Gasteiger charge is 2.10. The lowest BCUT2D eigenvalue weighted by Crippen LogP contribution is -2.11. The molecule has 0 bridgehead atoms. The summed E-state index contributed by atoms with van der Waals surface area (Å²) in [5, 5.41) is 0. The van der Waals surface area contributed by atoms with Gasteiger partial charge in [-0.3, -0.25) is 0 Å². The van der Waals surface area contributed by atoms with E-state index in [0.717, 1.165) is 13.0 Å². The van der Waals surface area contributed by atoms with Crippen molar-refractivity contribution in [3.63, 3.8) is 0 Å². The number of hydrogen-bond acceptors (Lipinski definition) is 3. The summed E-state index contributed by atoms with van der Waals surface area (Å²) >= 11 is 4.82. The monoisotopic (exact) mass is 152 g/mol. The second-order valence-corrected chi connectivity index (χ2v) is 3.84. The molecule has 1 rings (SSSR count). The van der Waals surface area contributed by atoms with Gasteiger partial charge in [0.15, 0.2) is 7.15 Å². The Bertz CT molecular complexity index is 106. The first-order valence-electron chi connectivity index (χ1n) is 2.62. The molecule has 2 nitrogen and oxygen atoms in total. The van der Waals surface area contributed by atoms with Crippen molar-refractivity contribution in [2.24, 2.45) is 0 Å². The van der Waals surface area contributed by atoms with Crippen LogP contribution in [0.5, 0.6) is 0 Å². The van der Waals surface area contributed by atoms with E-state index in [-0.39, 0.29) is 0 Å². The van der Waals surface area contributed by atoms with Crippen LogP contribution in [0.2, 0.25) is 0 Å². The normalized spacial score (nSPS) is 39.6. The molecule has 0 amide bonds. The summed E-state index contributed by atoms with van der Waals surface area (Å²) in [4.78, 5) is 0. The average Bonchev–Trinajstić information content (AvgIpc) is 1.64. The predicted molar refractivity (Wildman–Crippen MR) is 36.8 cm³/mol. The quantitative estimate of drug-likeness (QED) is 0.488. The van der Waals surface area contributed by atoms with Crippen LogP contribution in [0.4, 0.5) is 0 Å². The SMILES string of the molecule is C[C@@H]1CCO[P@H](=S)O1. The van der Waals surface area contributed by atoms with Gasteiger partial charge in [0.25, 0.3) is 0 Å². The van der Waals surface area contributed by atoms with Crippen LogP contribution in [0.25, 0.3) is 0 Å². The third-order valence-electron chi connectivity index (χ3n) is 1.04.